The molecule has 0 N–H and O–H groups in total. The second-order valence-corrected chi connectivity index (χ2v) is 20.1. The van der Waals surface area contributed by atoms with E-state index >= 15 is 0 Å². The Balaban J connectivity index is 0.924. The van der Waals surface area contributed by atoms with Crippen molar-refractivity contribution in [2.45, 2.75) is 0 Å². The van der Waals surface area contributed by atoms with Crippen LogP contribution in [0.5, 0.6) is 0 Å². The summed E-state index contributed by atoms with van der Waals surface area (Å²) >= 11 is 0. The van der Waals surface area contributed by atoms with Crippen molar-refractivity contribution >= 4 is 99.3 Å². The Bertz CT molecular complexity index is 4340. The summed E-state index contributed by atoms with van der Waals surface area (Å²) in [6, 6.07) is 111. The van der Waals surface area contributed by atoms with Crippen molar-refractivity contribution in [3.8, 4) is 33.6 Å². The highest BCUT2D eigenvalue weighted by atomic mass is 15.2. The second-order valence-electron chi connectivity index (χ2n) is 20.1. The first-order valence-corrected chi connectivity index (χ1v) is 26.8. The molecule has 0 amide bonds. The Labute approximate surface area is 452 Å². The lowest BCUT2D eigenvalue weighted by atomic mass is 9.95. The molecule has 2 heterocycles. The summed E-state index contributed by atoms with van der Waals surface area (Å²) in [4.78, 5) is 4.96. The van der Waals surface area contributed by atoms with Gasteiger partial charge in [0.2, 0.25) is 0 Å². The lowest BCUT2D eigenvalue weighted by molar-refractivity contribution is 1.18. The summed E-state index contributed by atoms with van der Waals surface area (Å²) in [6.45, 7) is 0. The number of hydrogen-bond donors (Lipinski definition) is 0. The smallest absolute Gasteiger partial charge is 0.0619 e. The Morgan fingerprint density at radius 2 is 0.474 bits per heavy atom. The van der Waals surface area contributed by atoms with Crippen LogP contribution in [0.1, 0.15) is 0 Å². The van der Waals surface area contributed by atoms with Gasteiger partial charge in [-0.2, -0.15) is 0 Å². The topological polar surface area (TPSA) is 16.3 Å². The lowest BCUT2D eigenvalue weighted by Gasteiger charge is -2.33. The van der Waals surface area contributed by atoms with Crippen molar-refractivity contribution in [3.05, 3.63) is 303 Å². The molecule has 4 nitrogen and oxygen atoms in total. The average molecular weight is 995 g/mol. The van der Waals surface area contributed by atoms with Crippen molar-refractivity contribution in [3.63, 3.8) is 0 Å². The van der Waals surface area contributed by atoms with Crippen molar-refractivity contribution in [1.29, 1.82) is 0 Å². The van der Waals surface area contributed by atoms with Crippen molar-refractivity contribution < 1.29 is 0 Å². The van der Waals surface area contributed by atoms with E-state index in [1.165, 1.54) is 54.8 Å². The molecule has 15 aromatic rings. The van der Waals surface area contributed by atoms with Crippen molar-refractivity contribution in [1.82, 2.24) is 9.13 Å². The Morgan fingerprint density at radius 1 is 0.192 bits per heavy atom. The van der Waals surface area contributed by atoms with Crippen LogP contribution in [0.2, 0.25) is 0 Å². The van der Waals surface area contributed by atoms with Gasteiger partial charge in [-0.25, -0.2) is 0 Å². The van der Waals surface area contributed by atoms with Crippen LogP contribution in [-0.4, -0.2) is 9.13 Å². The fourth-order valence-electron chi connectivity index (χ4n) is 12.2. The summed E-state index contributed by atoms with van der Waals surface area (Å²) in [5.74, 6) is 0. The molecule has 15 rings (SSSR count). The molecule has 0 aliphatic heterocycles. The Morgan fingerprint density at radius 3 is 0.833 bits per heavy atom. The van der Waals surface area contributed by atoms with Crippen molar-refractivity contribution in [2.24, 2.45) is 0 Å². The monoisotopic (exact) mass is 994 g/mol. The highest BCUT2D eigenvalue weighted by Gasteiger charge is 2.27. The Kier molecular flexibility index (Phi) is 10.8. The maximum absolute atomic E-state index is 2.48. The fraction of sp³-hybridized carbons (Fsp3) is 0. The number of anilines is 6. The van der Waals surface area contributed by atoms with Gasteiger partial charge in [0.05, 0.1) is 33.4 Å². The van der Waals surface area contributed by atoms with E-state index in [1.807, 2.05) is 0 Å². The number of nitrogens with zero attached hydrogens (tertiary/aromatic N) is 4. The van der Waals surface area contributed by atoms with Gasteiger partial charge in [0.25, 0.3) is 0 Å². The van der Waals surface area contributed by atoms with Crippen LogP contribution < -0.4 is 9.80 Å². The van der Waals surface area contributed by atoms with E-state index in [-0.39, 0.29) is 0 Å². The van der Waals surface area contributed by atoms with E-state index in [0.717, 1.165) is 78.1 Å². The van der Waals surface area contributed by atoms with E-state index in [9.17, 15) is 0 Å². The first-order chi connectivity index (χ1) is 38.7. The van der Waals surface area contributed by atoms with E-state index in [4.69, 9.17) is 0 Å². The third-order valence-electron chi connectivity index (χ3n) is 15.6. The molecule has 0 radical (unpaired) electrons. The molecule has 0 spiro atoms. The van der Waals surface area contributed by atoms with E-state index in [1.54, 1.807) is 0 Å². The Hall–Kier alpha value is -10.4. The predicted molar refractivity (Wildman–Crippen MR) is 330 cm³/mol. The number of aromatic nitrogens is 2. The SMILES string of the molecule is c1ccc(-c2ccc(-n3c4ccccc4c4cc(N(c5ccccc5)c5c6ccccc6c(N(c6ccccc6)c6ccc7c(c6)c6ccccc6n7-c6ccc(-c7ccccc7)cc6)c6ccccc56)ccc43)cc2)cc1. The van der Waals surface area contributed by atoms with Crippen molar-refractivity contribution in [2.75, 3.05) is 9.80 Å². The molecule has 0 aliphatic carbocycles. The number of rotatable bonds is 10. The van der Waals surface area contributed by atoms with E-state index in [0.29, 0.717) is 0 Å². The number of benzene rings is 13. The first kappa shape index (κ1) is 45.0. The zero-order valence-corrected chi connectivity index (χ0v) is 42.7. The van der Waals surface area contributed by atoms with Gasteiger partial charge in [-0.3, -0.25) is 0 Å². The molecule has 0 atom stereocenters. The highest BCUT2D eigenvalue weighted by molar-refractivity contribution is 6.24. The van der Waals surface area contributed by atoms with Crippen LogP contribution in [0.25, 0.3) is 98.8 Å². The summed E-state index contributed by atoms with van der Waals surface area (Å²) < 4.78 is 4.82. The molecule has 0 saturated carbocycles. The minimum atomic E-state index is 1.08. The largest absolute Gasteiger partial charge is 0.309 e. The van der Waals surface area contributed by atoms with E-state index < -0.39 is 0 Å². The van der Waals surface area contributed by atoms with Crippen LogP contribution in [-0.2, 0) is 0 Å². The molecule has 0 bridgehead atoms. The van der Waals surface area contributed by atoms with Crippen LogP contribution >= 0.6 is 0 Å². The molecule has 366 valence electrons. The minimum absolute atomic E-state index is 1.08. The summed E-state index contributed by atoms with van der Waals surface area (Å²) in [6.07, 6.45) is 0. The normalized spacial score (nSPS) is 11.6. The van der Waals surface area contributed by atoms with Gasteiger partial charge in [-0.05, 0) is 119 Å². The quantitative estimate of drug-likeness (QED) is 0.100. The van der Waals surface area contributed by atoms with Gasteiger partial charge < -0.3 is 18.9 Å². The zero-order chi connectivity index (χ0) is 51.5. The maximum atomic E-state index is 2.48. The van der Waals surface area contributed by atoms with Crippen LogP contribution in [0.15, 0.2) is 303 Å². The molecule has 13 aromatic carbocycles. The third-order valence-corrected chi connectivity index (χ3v) is 15.6. The summed E-state index contributed by atoms with van der Waals surface area (Å²) in [5, 5.41) is 9.39. The number of fused-ring (bicyclic) bond motifs is 8. The minimum Gasteiger partial charge on any atom is -0.309 e. The van der Waals surface area contributed by atoms with Gasteiger partial charge in [-0.1, -0.05) is 206 Å². The number of para-hydroxylation sites is 4. The number of hydrogen-bond acceptors (Lipinski definition) is 2. The van der Waals surface area contributed by atoms with Crippen LogP contribution in [0.4, 0.5) is 34.1 Å². The van der Waals surface area contributed by atoms with Gasteiger partial charge in [-0.15, -0.1) is 0 Å². The van der Waals surface area contributed by atoms with Gasteiger partial charge in [0.1, 0.15) is 0 Å². The van der Waals surface area contributed by atoms with E-state index in [2.05, 4.69) is 322 Å². The molecule has 2 aromatic heterocycles. The molecule has 0 aliphatic rings. The maximum Gasteiger partial charge on any atom is 0.0619 e. The molecule has 78 heavy (non-hydrogen) atoms. The van der Waals surface area contributed by atoms with Gasteiger partial charge in [0.15, 0.2) is 0 Å². The molecule has 0 unspecified atom stereocenters. The standard InChI is InChI=1S/C74H50N4/c1-5-21-51(22-6-1)53-37-41-57(42-38-53)77-69-35-19-17-29-61(69)67-49-59(45-47-71(67)77)75(55-25-9-3-10-26-55)73-63-31-13-15-33-65(63)74(66-34-16-14-32-64(66)73)76(56-27-11-4-12-28-56)60-46-48-72-68(50-60)62-30-18-20-36-70(62)78(72)58-43-39-54(40-44-58)52-23-7-2-8-24-52/h1-50H. The summed E-state index contributed by atoms with van der Waals surface area (Å²) in [5.41, 5.74) is 18.3. The lowest BCUT2D eigenvalue weighted by Crippen LogP contribution is -2.14. The highest BCUT2D eigenvalue weighted by Crippen LogP contribution is 2.52. The van der Waals surface area contributed by atoms with Crippen LogP contribution in [0, 0.1) is 0 Å². The molecule has 0 fully saturated rings. The predicted octanol–water partition coefficient (Wildman–Crippen LogP) is 20.5. The second kappa shape index (κ2) is 18.7. The fourth-order valence-corrected chi connectivity index (χ4v) is 12.2. The molecular weight excluding hydrogens is 945 g/mol. The van der Waals surface area contributed by atoms with Gasteiger partial charge in [0, 0.05) is 77.2 Å². The average Bonchev–Trinajstić information content (AvgIpc) is 4.20. The molecule has 4 heteroatoms. The molecule has 0 saturated heterocycles. The first-order valence-electron chi connectivity index (χ1n) is 26.8. The van der Waals surface area contributed by atoms with Gasteiger partial charge >= 0.3 is 0 Å². The third kappa shape index (κ3) is 7.45. The molecular formula is C74H50N4. The van der Waals surface area contributed by atoms with Crippen LogP contribution in [0.3, 0.4) is 0 Å². The zero-order valence-electron chi connectivity index (χ0n) is 42.7. The summed E-state index contributed by atoms with van der Waals surface area (Å²) in [7, 11) is 0.